The van der Waals surface area contributed by atoms with Crippen LogP contribution in [0.25, 0.3) is 0 Å². The molecule has 0 aliphatic carbocycles. The van der Waals surface area contributed by atoms with Crippen molar-refractivity contribution in [2.24, 2.45) is 5.92 Å². The molecule has 0 bridgehead atoms. The van der Waals surface area contributed by atoms with Gasteiger partial charge in [-0.3, -0.25) is 4.79 Å². The van der Waals surface area contributed by atoms with E-state index in [1.807, 2.05) is 11.8 Å². The van der Waals surface area contributed by atoms with Gasteiger partial charge >= 0.3 is 0 Å². The Morgan fingerprint density at radius 3 is 2.76 bits per heavy atom. The molecule has 3 aliphatic rings. The molecule has 5 heteroatoms. The summed E-state index contributed by atoms with van der Waals surface area (Å²) in [5, 5.41) is 3.38. The van der Waals surface area contributed by atoms with Crippen molar-refractivity contribution in [1.82, 2.24) is 10.2 Å². The van der Waals surface area contributed by atoms with Gasteiger partial charge in [-0.1, -0.05) is 0 Å². The third kappa shape index (κ3) is 4.36. The Balaban J connectivity index is 1.57. The Hall–Kier alpha value is -0.260. The molecule has 4 nitrogen and oxygen atoms in total. The molecular formula is C16H28N2O2S. The van der Waals surface area contributed by atoms with Crippen LogP contribution in [-0.4, -0.2) is 60.7 Å². The average molecular weight is 312 g/mol. The highest BCUT2D eigenvalue weighted by Crippen LogP contribution is 2.26. The number of nitrogens with zero attached hydrogens (tertiary/aromatic N) is 1. The molecule has 1 N–H and O–H groups in total. The summed E-state index contributed by atoms with van der Waals surface area (Å²) in [5.41, 5.74) is 0. The highest BCUT2D eigenvalue weighted by Gasteiger charge is 2.31. The number of ether oxygens (including phenoxy) is 1. The van der Waals surface area contributed by atoms with Gasteiger partial charge in [-0.2, -0.15) is 11.8 Å². The Bertz CT molecular complexity index is 335. The lowest BCUT2D eigenvalue weighted by Crippen LogP contribution is -2.45. The molecule has 0 spiro atoms. The molecule has 0 radical (unpaired) electrons. The zero-order valence-electron chi connectivity index (χ0n) is 12.9. The van der Waals surface area contributed by atoms with Gasteiger partial charge in [-0.05, 0) is 56.9 Å². The maximum atomic E-state index is 12.8. The predicted octanol–water partition coefficient (Wildman–Crippen LogP) is 1.89. The smallest absolute Gasteiger partial charge is 0.223 e. The van der Waals surface area contributed by atoms with Crippen LogP contribution in [0, 0.1) is 5.92 Å². The maximum Gasteiger partial charge on any atom is 0.223 e. The van der Waals surface area contributed by atoms with Gasteiger partial charge in [0.05, 0.1) is 6.10 Å². The van der Waals surface area contributed by atoms with Crippen molar-refractivity contribution in [3.63, 3.8) is 0 Å². The zero-order chi connectivity index (χ0) is 14.5. The van der Waals surface area contributed by atoms with Crippen LogP contribution in [0.3, 0.4) is 0 Å². The maximum absolute atomic E-state index is 12.8. The fraction of sp³-hybridized carbons (Fsp3) is 0.938. The van der Waals surface area contributed by atoms with Gasteiger partial charge in [0.2, 0.25) is 5.91 Å². The number of hydrogen-bond acceptors (Lipinski definition) is 4. The van der Waals surface area contributed by atoms with Crippen LogP contribution in [-0.2, 0) is 9.53 Å². The summed E-state index contributed by atoms with van der Waals surface area (Å²) in [6, 6.07) is 0.452. The van der Waals surface area contributed by atoms with Crippen LogP contribution >= 0.6 is 11.8 Å². The number of piperidine rings is 1. The summed E-state index contributed by atoms with van der Waals surface area (Å²) in [6.07, 6.45) is 6.77. The quantitative estimate of drug-likeness (QED) is 0.842. The van der Waals surface area contributed by atoms with E-state index in [-0.39, 0.29) is 6.10 Å². The first-order valence-electron chi connectivity index (χ1n) is 8.52. The minimum atomic E-state index is 0.285. The van der Waals surface area contributed by atoms with Crippen molar-refractivity contribution in [3.8, 4) is 0 Å². The fourth-order valence-corrected chi connectivity index (χ4v) is 4.90. The Kier molecular flexibility index (Phi) is 5.83. The molecule has 3 rings (SSSR count). The predicted molar refractivity (Wildman–Crippen MR) is 86.6 cm³/mol. The van der Waals surface area contributed by atoms with E-state index in [1.54, 1.807) is 0 Å². The Morgan fingerprint density at radius 1 is 1.24 bits per heavy atom. The number of thioether (sulfide) groups is 1. The molecule has 3 aliphatic heterocycles. The summed E-state index contributed by atoms with van der Waals surface area (Å²) in [7, 11) is 0. The van der Waals surface area contributed by atoms with E-state index < -0.39 is 0 Å². The first-order chi connectivity index (χ1) is 10.3. The van der Waals surface area contributed by atoms with E-state index in [0.717, 1.165) is 70.5 Å². The lowest BCUT2D eigenvalue weighted by Gasteiger charge is -2.33. The fourth-order valence-electron chi connectivity index (χ4n) is 3.68. The molecule has 0 aromatic rings. The molecule has 21 heavy (non-hydrogen) atoms. The van der Waals surface area contributed by atoms with Gasteiger partial charge in [0.15, 0.2) is 0 Å². The molecule has 3 heterocycles. The van der Waals surface area contributed by atoms with Crippen LogP contribution in [0.1, 0.15) is 38.5 Å². The number of amides is 1. The highest BCUT2D eigenvalue weighted by molar-refractivity contribution is 7.99. The molecule has 0 aromatic heterocycles. The second-order valence-electron chi connectivity index (χ2n) is 6.60. The summed E-state index contributed by atoms with van der Waals surface area (Å²) in [5.74, 6) is 3.28. The molecule has 1 amide bonds. The van der Waals surface area contributed by atoms with Gasteiger partial charge in [0, 0.05) is 31.4 Å². The lowest BCUT2D eigenvalue weighted by molar-refractivity contribution is -0.136. The molecule has 120 valence electrons. The van der Waals surface area contributed by atoms with Gasteiger partial charge in [-0.25, -0.2) is 0 Å². The third-order valence-corrected chi connectivity index (χ3v) is 6.16. The summed E-state index contributed by atoms with van der Waals surface area (Å²) in [4.78, 5) is 15.0. The second kappa shape index (κ2) is 7.84. The summed E-state index contributed by atoms with van der Waals surface area (Å²) in [6.45, 7) is 3.85. The lowest BCUT2D eigenvalue weighted by atomic mass is 9.93. The van der Waals surface area contributed by atoms with E-state index in [1.165, 1.54) is 5.75 Å². The number of rotatable bonds is 5. The molecule has 0 aromatic carbocycles. The largest absolute Gasteiger partial charge is 0.376 e. The van der Waals surface area contributed by atoms with Crippen molar-refractivity contribution < 1.29 is 9.53 Å². The van der Waals surface area contributed by atoms with Gasteiger partial charge < -0.3 is 15.0 Å². The number of carbonyl (C=O) groups is 1. The second-order valence-corrected chi connectivity index (χ2v) is 7.75. The molecule has 3 saturated heterocycles. The minimum absolute atomic E-state index is 0.285. The highest BCUT2D eigenvalue weighted by atomic mass is 32.2. The van der Waals surface area contributed by atoms with Crippen molar-refractivity contribution in [2.45, 2.75) is 50.7 Å². The topological polar surface area (TPSA) is 41.6 Å². The standard InChI is InChI=1S/C16H28N2O2S/c19-16(10-13-3-6-17-7-4-13)18(14-5-9-21-12-14)11-15-2-1-8-20-15/h13-15,17H,1-12H2. The van der Waals surface area contributed by atoms with Crippen LogP contribution in [0.4, 0.5) is 0 Å². The van der Waals surface area contributed by atoms with Gasteiger partial charge in [-0.15, -0.1) is 0 Å². The van der Waals surface area contributed by atoms with Crippen LogP contribution in [0.2, 0.25) is 0 Å². The van der Waals surface area contributed by atoms with E-state index in [4.69, 9.17) is 4.74 Å². The monoisotopic (exact) mass is 312 g/mol. The van der Waals surface area contributed by atoms with Crippen molar-refractivity contribution in [1.29, 1.82) is 0 Å². The molecule has 3 fully saturated rings. The van der Waals surface area contributed by atoms with Crippen molar-refractivity contribution in [2.75, 3.05) is 37.7 Å². The first-order valence-corrected chi connectivity index (χ1v) is 9.68. The van der Waals surface area contributed by atoms with E-state index in [9.17, 15) is 4.79 Å². The van der Waals surface area contributed by atoms with Crippen molar-refractivity contribution >= 4 is 17.7 Å². The van der Waals surface area contributed by atoms with E-state index in [2.05, 4.69) is 10.2 Å². The van der Waals surface area contributed by atoms with Gasteiger partial charge in [0.25, 0.3) is 0 Å². The normalized spacial score (nSPS) is 30.7. The van der Waals surface area contributed by atoms with Crippen LogP contribution in [0.5, 0.6) is 0 Å². The summed E-state index contributed by atoms with van der Waals surface area (Å²) < 4.78 is 5.77. The molecule has 0 saturated carbocycles. The Morgan fingerprint density at radius 2 is 2.10 bits per heavy atom. The third-order valence-electron chi connectivity index (χ3n) is 5.01. The molecule has 2 unspecified atom stereocenters. The average Bonchev–Trinajstić information content (AvgIpc) is 3.19. The minimum Gasteiger partial charge on any atom is -0.376 e. The Labute approximate surface area is 132 Å². The van der Waals surface area contributed by atoms with E-state index >= 15 is 0 Å². The number of carbonyl (C=O) groups excluding carboxylic acids is 1. The number of nitrogens with one attached hydrogen (secondary N) is 1. The summed E-state index contributed by atoms with van der Waals surface area (Å²) >= 11 is 1.99. The van der Waals surface area contributed by atoms with Crippen LogP contribution < -0.4 is 5.32 Å². The first kappa shape index (κ1) is 15.6. The molecular weight excluding hydrogens is 284 g/mol. The zero-order valence-corrected chi connectivity index (χ0v) is 13.7. The van der Waals surface area contributed by atoms with E-state index in [0.29, 0.717) is 17.9 Å². The van der Waals surface area contributed by atoms with Crippen LogP contribution in [0.15, 0.2) is 0 Å². The van der Waals surface area contributed by atoms with Crippen molar-refractivity contribution in [3.05, 3.63) is 0 Å². The SMILES string of the molecule is O=C(CC1CCNCC1)N(CC1CCCO1)C1CCSC1. The molecule has 2 atom stereocenters. The number of hydrogen-bond donors (Lipinski definition) is 1. The van der Waals surface area contributed by atoms with Gasteiger partial charge in [0.1, 0.15) is 0 Å².